The maximum atomic E-state index is 13.3. The van der Waals surface area contributed by atoms with Gasteiger partial charge < -0.3 is 19.6 Å². The first-order chi connectivity index (χ1) is 21.5. The molecule has 0 bridgehead atoms. The standard InChI is InChI=1S/C37H50F3NO4Si/c1-27(2)25-30(42)26-36(7,45-33(29-17-11-8-12-18-29)28(3)41-34(43)37(38,39)40)23-24-44-46(35(4,5)6,31-19-13-9-14-20-31)32-21-15-10-16-22-32/h8-22,27-28,30,33,42H,23-26H2,1-7H3,(H,41,43)/t28-,30?,33+,36+/m0/s1. The highest BCUT2D eigenvalue weighted by atomic mass is 28.4. The molecule has 0 radical (unpaired) electrons. The molecule has 252 valence electrons. The van der Waals surface area contributed by atoms with Crippen LogP contribution in [0.2, 0.25) is 5.04 Å². The van der Waals surface area contributed by atoms with E-state index in [4.69, 9.17) is 9.16 Å². The number of halogens is 3. The van der Waals surface area contributed by atoms with Crippen LogP contribution in [0.15, 0.2) is 91.0 Å². The quantitative estimate of drug-likeness (QED) is 0.168. The first-order valence-corrected chi connectivity index (χ1v) is 17.9. The van der Waals surface area contributed by atoms with Crippen LogP contribution >= 0.6 is 0 Å². The number of carbonyl (C=O) groups excluding carboxylic acids is 1. The molecule has 0 aromatic heterocycles. The maximum Gasteiger partial charge on any atom is 0.471 e. The fraction of sp³-hybridized carbons (Fsp3) is 0.486. The van der Waals surface area contributed by atoms with Crippen LogP contribution in [0.5, 0.6) is 0 Å². The van der Waals surface area contributed by atoms with Crippen molar-refractivity contribution in [3.63, 3.8) is 0 Å². The number of nitrogens with one attached hydrogen (secondary N) is 1. The smallest absolute Gasteiger partial charge is 0.407 e. The molecule has 0 saturated heterocycles. The van der Waals surface area contributed by atoms with E-state index in [1.54, 1.807) is 24.3 Å². The van der Waals surface area contributed by atoms with E-state index in [1.165, 1.54) is 6.92 Å². The van der Waals surface area contributed by atoms with Gasteiger partial charge >= 0.3 is 12.1 Å². The lowest BCUT2D eigenvalue weighted by atomic mass is 9.90. The van der Waals surface area contributed by atoms with Gasteiger partial charge in [0.15, 0.2) is 0 Å². The molecule has 0 aliphatic heterocycles. The van der Waals surface area contributed by atoms with Gasteiger partial charge in [-0.15, -0.1) is 0 Å². The number of benzene rings is 3. The van der Waals surface area contributed by atoms with Crippen LogP contribution in [0.3, 0.4) is 0 Å². The van der Waals surface area contributed by atoms with E-state index in [1.807, 2.05) is 63.2 Å². The van der Waals surface area contributed by atoms with Gasteiger partial charge in [0.1, 0.15) is 6.10 Å². The summed E-state index contributed by atoms with van der Waals surface area (Å²) < 4.78 is 53.7. The third-order valence-electron chi connectivity index (χ3n) is 8.39. The van der Waals surface area contributed by atoms with E-state index >= 15 is 0 Å². The Hall–Kier alpha value is -2.98. The van der Waals surface area contributed by atoms with E-state index in [-0.39, 0.29) is 24.0 Å². The topological polar surface area (TPSA) is 67.8 Å². The number of aliphatic hydroxyl groups is 1. The van der Waals surface area contributed by atoms with Crippen molar-refractivity contribution in [1.82, 2.24) is 5.32 Å². The summed E-state index contributed by atoms with van der Waals surface area (Å²) in [7, 11) is -2.88. The molecular weight excluding hydrogens is 607 g/mol. The fourth-order valence-corrected chi connectivity index (χ4v) is 10.9. The summed E-state index contributed by atoms with van der Waals surface area (Å²) in [5.41, 5.74) is -0.396. The van der Waals surface area contributed by atoms with E-state index in [9.17, 15) is 23.1 Å². The summed E-state index contributed by atoms with van der Waals surface area (Å²) in [6, 6.07) is 28.4. The molecule has 3 aromatic rings. The molecule has 0 heterocycles. The Bertz CT molecular complexity index is 1310. The Balaban J connectivity index is 2.02. The van der Waals surface area contributed by atoms with Gasteiger partial charge in [-0.05, 0) is 53.6 Å². The Kier molecular flexibility index (Phi) is 12.8. The lowest BCUT2D eigenvalue weighted by Crippen LogP contribution is -2.66. The second kappa shape index (κ2) is 15.7. The predicted octanol–water partition coefficient (Wildman–Crippen LogP) is 7.33. The van der Waals surface area contributed by atoms with Crippen LogP contribution in [-0.4, -0.2) is 49.9 Å². The maximum absolute atomic E-state index is 13.3. The number of amides is 1. The largest absolute Gasteiger partial charge is 0.471 e. The number of ether oxygens (including phenoxy) is 1. The van der Waals surface area contributed by atoms with Crippen LogP contribution in [0.4, 0.5) is 13.2 Å². The molecule has 5 nitrogen and oxygen atoms in total. The zero-order valence-electron chi connectivity index (χ0n) is 28.1. The number of carbonyl (C=O) groups is 1. The van der Waals surface area contributed by atoms with Gasteiger partial charge in [-0.3, -0.25) is 4.79 Å². The summed E-state index contributed by atoms with van der Waals surface area (Å²) >= 11 is 0. The minimum absolute atomic E-state index is 0.225. The van der Waals surface area contributed by atoms with Crippen molar-refractivity contribution >= 4 is 24.6 Å². The van der Waals surface area contributed by atoms with Crippen LogP contribution in [-0.2, 0) is 14.0 Å². The minimum atomic E-state index is -5.03. The number of rotatable bonds is 15. The normalized spacial score (nSPS) is 16.0. The molecule has 0 aliphatic rings. The van der Waals surface area contributed by atoms with Gasteiger partial charge in [0.05, 0.1) is 17.7 Å². The number of alkyl halides is 3. The Labute approximate surface area is 273 Å². The molecule has 0 aliphatic carbocycles. The third-order valence-corrected chi connectivity index (χ3v) is 13.4. The highest BCUT2D eigenvalue weighted by molar-refractivity contribution is 6.99. The summed E-state index contributed by atoms with van der Waals surface area (Å²) in [4.78, 5) is 12.0. The fourth-order valence-electron chi connectivity index (χ4n) is 6.29. The SMILES string of the molecule is CC(C)CC(O)C[C@@](C)(CCO[Si](c1ccccc1)(c1ccccc1)C(C)(C)C)O[C@@H](c1ccccc1)[C@H](C)NC(=O)C(F)(F)F. The second-order valence-electron chi connectivity index (χ2n) is 13.9. The Morgan fingerprint density at radius 1 is 0.826 bits per heavy atom. The van der Waals surface area contributed by atoms with E-state index in [0.29, 0.717) is 18.4 Å². The van der Waals surface area contributed by atoms with Gasteiger partial charge in [0.25, 0.3) is 8.32 Å². The van der Waals surface area contributed by atoms with Crippen molar-refractivity contribution in [3.8, 4) is 0 Å². The van der Waals surface area contributed by atoms with Crippen molar-refractivity contribution in [2.24, 2.45) is 5.92 Å². The highest BCUT2D eigenvalue weighted by Crippen LogP contribution is 2.39. The van der Waals surface area contributed by atoms with Gasteiger partial charge in [-0.1, -0.05) is 126 Å². The van der Waals surface area contributed by atoms with Crippen LogP contribution in [0.25, 0.3) is 0 Å². The molecule has 9 heteroatoms. The molecule has 0 spiro atoms. The van der Waals surface area contributed by atoms with Crippen molar-refractivity contribution in [3.05, 3.63) is 96.6 Å². The molecule has 0 fully saturated rings. The first kappa shape index (κ1) is 37.5. The van der Waals surface area contributed by atoms with E-state index in [0.717, 1.165) is 10.4 Å². The number of hydrogen-bond acceptors (Lipinski definition) is 4. The van der Waals surface area contributed by atoms with Crippen LogP contribution in [0.1, 0.15) is 79.4 Å². The van der Waals surface area contributed by atoms with Gasteiger partial charge in [0, 0.05) is 13.0 Å². The lowest BCUT2D eigenvalue weighted by molar-refractivity contribution is -0.177. The summed E-state index contributed by atoms with van der Waals surface area (Å²) in [5.74, 6) is -1.80. The monoisotopic (exact) mass is 657 g/mol. The van der Waals surface area contributed by atoms with Crippen molar-refractivity contribution in [2.45, 2.75) is 103 Å². The molecule has 3 aromatic carbocycles. The van der Waals surface area contributed by atoms with Crippen LogP contribution in [0, 0.1) is 5.92 Å². The predicted molar refractivity (Wildman–Crippen MR) is 181 cm³/mol. The molecule has 3 rings (SSSR count). The summed E-state index contributed by atoms with van der Waals surface area (Å²) in [5, 5.41) is 15.2. The zero-order chi connectivity index (χ0) is 34.2. The van der Waals surface area contributed by atoms with Gasteiger partial charge in [-0.25, -0.2) is 0 Å². The molecule has 1 amide bonds. The zero-order valence-corrected chi connectivity index (χ0v) is 29.1. The van der Waals surface area contributed by atoms with E-state index < -0.39 is 44.3 Å². The van der Waals surface area contributed by atoms with Crippen molar-refractivity contribution in [1.29, 1.82) is 0 Å². The summed E-state index contributed by atoms with van der Waals surface area (Å²) in [6.07, 6.45) is -5.54. The average Bonchev–Trinajstić information content (AvgIpc) is 2.98. The Morgan fingerprint density at radius 2 is 1.30 bits per heavy atom. The van der Waals surface area contributed by atoms with Gasteiger partial charge in [0.2, 0.25) is 0 Å². The molecule has 0 saturated carbocycles. The van der Waals surface area contributed by atoms with Crippen molar-refractivity contribution < 1.29 is 32.2 Å². The first-order valence-electron chi connectivity index (χ1n) is 16.0. The van der Waals surface area contributed by atoms with Crippen molar-refractivity contribution in [2.75, 3.05) is 6.61 Å². The molecule has 2 N–H and O–H groups in total. The summed E-state index contributed by atoms with van der Waals surface area (Å²) in [6.45, 7) is 14.3. The van der Waals surface area contributed by atoms with Gasteiger partial charge in [-0.2, -0.15) is 13.2 Å². The minimum Gasteiger partial charge on any atom is -0.407 e. The highest BCUT2D eigenvalue weighted by Gasteiger charge is 2.50. The molecule has 46 heavy (non-hydrogen) atoms. The average molecular weight is 658 g/mol. The lowest BCUT2D eigenvalue weighted by Gasteiger charge is -2.44. The Morgan fingerprint density at radius 3 is 1.74 bits per heavy atom. The molecule has 1 unspecified atom stereocenters. The molecule has 4 atom stereocenters. The number of aliphatic hydroxyl groups excluding tert-OH is 1. The van der Waals surface area contributed by atoms with E-state index in [2.05, 4.69) is 50.4 Å². The van der Waals surface area contributed by atoms with Crippen LogP contribution < -0.4 is 15.7 Å². The number of hydrogen-bond donors (Lipinski definition) is 2. The third kappa shape index (κ3) is 9.76. The molecular formula is C37H50F3NO4Si. The second-order valence-corrected chi connectivity index (χ2v) is 18.2.